The Kier molecular flexibility index (Phi) is 19.1. The number of halogens is 4. The molecule has 0 aliphatic heterocycles. The Hall–Kier alpha value is -2.80. The number of nitrogens with one attached hydrogen (secondary N) is 3. The van der Waals surface area contributed by atoms with E-state index in [1.54, 1.807) is 6.20 Å². The van der Waals surface area contributed by atoms with Gasteiger partial charge in [-0.3, -0.25) is 15.1 Å². The number of alkyl halides is 1. The number of aliphatic hydroxyl groups is 2. The molecule has 54 heavy (non-hydrogen) atoms. The summed E-state index contributed by atoms with van der Waals surface area (Å²) in [4.78, 5) is 2.26. The van der Waals surface area contributed by atoms with Crippen LogP contribution in [-0.2, 0) is 12.4 Å². The number of aromatic nitrogens is 4. The van der Waals surface area contributed by atoms with Gasteiger partial charge in [0.25, 0.3) is 0 Å². The first kappa shape index (κ1) is 45.6. The highest BCUT2D eigenvalue weighted by atomic mass is 79.9. The first-order chi connectivity index (χ1) is 25.4. The molecule has 0 saturated heterocycles. The van der Waals surface area contributed by atoms with Gasteiger partial charge in [0.05, 0.1) is 35.6 Å². The molecule has 0 aliphatic rings. The molecule has 6 aromatic rings. The number of hydrogen-bond donors (Lipinski definition) is 5. The highest BCUT2D eigenvalue weighted by molar-refractivity contribution is 9.10. The van der Waals surface area contributed by atoms with Crippen LogP contribution in [0.1, 0.15) is 75.0 Å². The van der Waals surface area contributed by atoms with Crippen LogP contribution < -0.4 is 5.32 Å². The van der Waals surface area contributed by atoms with Crippen molar-refractivity contribution >= 4 is 77.7 Å². The van der Waals surface area contributed by atoms with E-state index in [0.29, 0.717) is 17.7 Å². The Morgan fingerprint density at radius 2 is 1.17 bits per heavy atom. The lowest BCUT2D eigenvalue weighted by atomic mass is 9.93. The van der Waals surface area contributed by atoms with Crippen molar-refractivity contribution in [2.45, 2.75) is 77.3 Å². The molecular weight excluding hydrogens is 851 g/mol. The number of aliphatic hydroxyl groups excluding tert-OH is 2. The highest BCUT2D eigenvalue weighted by Crippen LogP contribution is 2.29. The lowest BCUT2D eigenvalue weighted by Gasteiger charge is -2.33. The second-order valence-electron chi connectivity index (χ2n) is 14.3. The number of H-pyrrole nitrogens is 2. The van der Waals surface area contributed by atoms with Gasteiger partial charge in [0, 0.05) is 44.2 Å². The topological polar surface area (TPSA) is 113 Å². The van der Waals surface area contributed by atoms with Crippen molar-refractivity contribution in [1.82, 2.24) is 30.6 Å². The average molecular weight is 906 g/mol. The number of likely N-dealkylation sites (N-methyl/N-ethyl adjacent to an activating group) is 2. The summed E-state index contributed by atoms with van der Waals surface area (Å²) in [6, 6.07) is 28.1. The summed E-state index contributed by atoms with van der Waals surface area (Å²) in [5, 5.41) is 40.7. The fourth-order valence-electron chi connectivity index (χ4n) is 6.42. The standard InChI is InChI=1S/C21H26BrN3O.C13H20BrNO.C8H7ClN2.ClH/c1-14(2)11-20(21(26)15-7-9-17(22)10-8-15)25(3)13-16-5-4-6-19-18(16)12-23-24-19;1-9(2)8-12(15-3)13(16)10-4-6-11(14)7-5-10;9-4-6-2-1-3-8-7(6)5-10-11-8;/h4-10,12,14,20-21,26H,11,13H2,1-3H3,(H,23,24);4-7,9,12-13,15-16H,8H2,1-3H3;1-3,5H,4H2,(H,10,11);1H/t20-,21?;12-,13?;;/m00../s1. The second-order valence-corrected chi connectivity index (χ2v) is 16.4. The van der Waals surface area contributed by atoms with Gasteiger partial charge in [0.2, 0.25) is 0 Å². The lowest BCUT2D eigenvalue weighted by molar-refractivity contribution is 0.0467. The third-order valence-electron chi connectivity index (χ3n) is 9.26. The zero-order valence-electron chi connectivity index (χ0n) is 31.8. The predicted molar refractivity (Wildman–Crippen MR) is 234 cm³/mol. The molecule has 2 heterocycles. The van der Waals surface area contributed by atoms with Gasteiger partial charge in [-0.15, -0.1) is 24.0 Å². The Morgan fingerprint density at radius 3 is 1.63 bits per heavy atom. The van der Waals surface area contributed by atoms with Gasteiger partial charge < -0.3 is 15.5 Å². The summed E-state index contributed by atoms with van der Waals surface area (Å²) < 4.78 is 2.06. The molecule has 12 heteroatoms. The van der Waals surface area contributed by atoms with E-state index in [0.717, 1.165) is 66.8 Å². The van der Waals surface area contributed by atoms with Crippen molar-refractivity contribution in [3.63, 3.8) is 0 Å². The van der Waals surface area contributed by atoms with Crippen molar-refractivity contribution in [2.75, 3.05) is 14.1 Å². The van der Waals surface area contributed by atoms with Gasteiger partial charge in [0.15, 0.2) is 0 Å². The third kappa shape index (κ3) is 13.2. The molecule has 4 atom stereocenters. The van der Waals surface area contributed by atoms with Crippen molar-refractivity contribution < 1.29 is 10.2 Å². The van der Waals surface area contributed by atoms with Crippen LogP contribution in [0.2, 0.25) is 0 Å². The van der Waals surface area contributed by atoms with Crippen LogP contribution in [0.5, 0.6) is 0 Å². The summed E-state index contributed by atoms with van der Waals surface area (Å²) in [6.07, 6.45) is 4.59. The monoisotopic (exact) mass is 902 g/mol. The van der Waals surface area contributed by atoms with Crippen LogP contribution in [0.3, 0.4) is 0 Å². The number of benzene rings is 4. The predicted octanol–water partition coefficient (Wildman–Crippen LogP) is 10.7. The van der Waals surface area contributed by atoms with Gasteiger partial charge >= 0.3 is 0 Å². The maximum Gasteiger partial charge on any atom is 0.0945 e. The molecule has 0 aliphatic carbocycles. The fraction of sp³-hybridized carbons (Fsp3) is 0.381. The Labute approximate surface area is 348 Å². The van der Waals surface area contributed by atoms with E-state index in [-0.39, 0.29) is 24.5 Å². The quantitative estimate of drug-likeness (QED) is 0.0738. The van der Waals surface area contributed by atoms with Crippen molar-refractivity contribution in [3.05, 3.63) is 129 Å². The molecule has 0 fully saturated rings. The van der Waals surface area contributed by atoms with E-state index in [9.17, 15) is 10.2 Å². The van der Waals surface area contributed by atoms with Crippen LogP contribution in [0.25, 0.3) is 21.8 Å². The molecule has 0 bridgehead atoms. The summed E-state index contributed by atoms with van der Waals surface area (Å²) >= 11 is 12.6. The molecule has 8 nitrogen and oxygen atoms in total. The number of rotatable bonds is 13. The van der Waals surface area contributed by atoms with Crippen LogP contribution in [0.4, 0.5) is 0 Å². The molecule has 4 aromatic carbocycles. The summed E-state index contributed by atoms with van der Waals surface area (Å²) in [5.41, 5.74) is 6.34. The van der Waals surface area contributed by atoms with Gasteiger partial charge in [0.1, 0.15) is 0 Å². The van der Waals surface area contributed by atoms with Crippen molar-refractivity contribution in [2.24, 2.45) is 11.8 Å². The molecule has 0 spiro atoms. The van der Waals surface area contributed by atoms with E-state index in [4.69, 9.17) is 11.6 Å². The average Bonchev–Trinajstić information content (AvgIpc) is 3.84. The SMILES string of the molecule is CC(C)C[C@@H](C(O)c1ccc(Br)cc1)N(C)Cc1cccc2[nH]ncc12.CN[C@@H](CC(C)C)C(O)c1ccc(Br)cc1.Cl.ClCc1cccc2[nH]ncc12. The summed E-state index contributed by atoms with van der Waals surface area (Å²) in [7, 11) is 3.99. The first-order valence-electron chi connectivity index (χ1n) is 18.0. The number of fused-ring (bicyclic) bond motifs is 2. The van der Waals surface area contributed by atoms with Crippen molar-refractivity contribution in [1.29, 1.82) is 0 Å². The highest BCUT2D eigenvalue weighted by Gasteiger charge is 2.26. The molecule has 2 unspecified atom stereocenters. The minimum Gasteiger partial charge on any atom is -0.387 e. The van der Waals surface area contributed by atoms with E-state index in [1.807, 2.05) is 92.1 Å². The molecule has 5 N–H and O–H groups in total. The van der Waals surface area contributed by atoms with Gasteiger partial charge in [-0.1, -0.05) is 108 Å². The van der Waals surface area contributed by atoms with E-state index in [1.165, 1.54) is 5.56 Å². The molecule has 6 rings (SSSR count). The molecule has 0 amide bonds. The van der Waals surface area contributed by atoms with Gasteiger partial charge in [-0.25, -0.2) is 0 Å². The zero-order chi connectivity index (χ0) is 38.5. The first-order valence-corrected chi connectivity index (χ1v) is 20.2. The van der Waals surface area contributed by atoms with Gasteiger partial charge in [-0.05, 0) is 97.4 Å². The molecule has 2 aromatic heterocycles. The van der Waals surface area contributed by atoms with Crippen LogP contribution in [0, 0.1) is 11.8 Å². The second kappa shape index (κ2) is 22.7. The smallest absolute Gasteiger partial charge is 0.0945 e. The number of hydrogen-bond acceptors (Lipinski definition) is 6. The maximum absolute atomic E-state index is 11.1. The van der Waals surface area contributed by atoms with Crippen LogP contribution in [-0.4, -0.2) is 61.7 Å². The fourth-order valence-corrected chi connectivity index (χ4v) is 7.18. The van der Waals surface area contributed by atoms with Crippen LogP contribution in [0.15, 0.2) is 106 Å². The largest absolute Gasteiger partial charge is 0.387 e. The minimum atomic E-state index is -0.529. The Bertz CT molecular complexity index is 1950. The van der Waals surface area contributed by atoms with Gasteiger partial charge in [-0.2, -0.15) is 10.2 Å². The van der Waals surface area contributed by atoms with E-state index < -0.39 is 12.2 Å². The maximum atomic E-state index is 11.1. The number of aromatic amines is 2. The third-order valence-corrected chi connectivity index (χ3v) is 10.6. The van der Waals surface area contributed by atoms with Crippen molar-refractivity contribution in [3.8, 4) is 0 Å². The molecule has 0 saturated carbocycles. The zero-order valence-corrected chi connectivity index (χ0v) is 36.6. The molecular formula is C42H54Br2Cl2N6O2. The van der Waals surface area contributed by atoms with E-state index in [2.05, 4.69) is 103 Å². The summed E-state index contributed by atoms with van der Waals surface area (Å²) in [5.74, 6) is 1.61. The minimum absolute atomic E-state index is 0. The Balaban J connectivity index is 0.000000238. The Morgan fingerprint density at radius 1 is 0.704 bits per heavy atom. The van der Waals surface area contributed by atoms with E-state index >= 15 is 0 Å². The lowest BCUT2D eigenvalue weighted by Crippen LogP contribution is -2.37. The normalized spacial score (nSPS) is 13.5. The summed E-state index contributed by atoms with van der Waals surface area (Å²) in [6.45, 7) is 9.50. The molecule has 0 radical (unpaired) electrons. The molecule has 292 valence electrons. The van der Waals surface area contributed by atoms with Crippen LogP contribution >= 0.6 is 55.9 Å². The number of nitrogens with zero attached hydrogens (tertiary/aromatic N) is 3.